The molecule has 0 aliphatic rings. The summed E-state index contributed by atoms with van der Waals surface area (Å²) in [4.78, 5) is 11.7. The van der Waals surface area contributed by atoms with Crippen LogP contribution in [-0.2, 0) is 4.79 Å². The van der Waals surface area contributed by atoms with Crippen LogP contribution >= 0.6 is 38.5 Å². The Kier molecular flexibility index (Phi) is 5.21. The molecule has 0 aliphatic carbocycles. The zero-order valence-electron chi connectivity index (χ0n) is 9.90. The normalized spacial score (nSPS) is 10.0. The zero-order chi connectivity index (χ0) is 13.7. The number of nitrogens with one attached hydrogen (secondary N) is 1. The zero-order valence-corrected chi connectivity index (χ0v) is 13.6. The van der Waals surface area contributed by atoms with E-state index in [0.717, 1.165) is 13.7 Å². The molecule has 0 radical (unpaired) electrons. The summed E-state index contributed by atoms with van der Waals surface area (Å²) in [5.41, 5.74) is 0.773. The average molecular weight is 432 g/mol. The molecule has 0 aliphatic heterocycles. The van der Waals surface area contributed by atoms with Crippen molar-refractivity contribution in [2.24, 2.45) is 0 Å². The van der Waals surface area contributed by atoms with Crippen molar-refractivity contribution in [3.8, 4) is 5.75 Å². The standard InChI is InChI=1S/C14H11BrINO2/c15-10-3-1-6-13(7-10)19-9-14(18)17-12-5-2-4-11(16)8-12/h1-8H,9H2,(H,17,18). The van der Waals surface area contributed by atoms with Crippen LogP contribution in [0.25, 0.3) is 0 Å². The molecule has 19 heavy (non-hydrogen) atoms. The Balaban J connectivity index is 1.88. The Morgan fingerprint density at radius 3 is 2.74 bits per heavy atom. The topological polar surface area (TPSA) is 38.3 Å². The van der Waals surface area contributed by atoms with Gasteiger partial charge >= 0.3 is 0 Å². The second kappa shape index (κ2) is 6.91. The highest BCUT2D eigenvalue weighted by molar-refractivity contribution is 14.1. The maximum atomic E-state index is 11.7. The molecule has 0 unspecified atom stereocenters. The molecule has 0 aromatic heterocycles. The van der Waals surface area contributed by atoms with E-state index in [9.17, 15) is 4.79 Å². The summed E-state index contributed by atoms with van der Waals surface area (Å²) >= 11 is 5.55. The summed E-state index contributed by atoms with van der Waals surface area (Å²) in [6, 6.07) is 15.0. The summed E-state index contributed by atoms with van der Waals surface area (Å²) in [6.07, 6.45) is 0. The van der Waals surface area contributed by atoms with Crippen molar-refractivity contribution in [3.05, 3.63) is 56.6 Å². The van der Waals surface area contributed by atoms with Crippen molar-refractivity contribution >= 4 is 50.1 Å². The first-order chi connectivity index (χ1) is 9.13. The van der Waals surface area contributed by atoms with Gasteiger partial charge in [-0.2, -0.15) is 0 Å². The lowest BCUT2D eigenvalue weighted by Gasteiger charge is -2.08. The molecule has 0 saturated carbocycles. The minimum Gasteiger partial charge on any atom is -0.484 e. The van der Waals surface area contributed by atoms with Crippen molar-refractivity contribution in [2.45, 2.75) is 0 Å². The second-order valence-corrected chi connectivity index (χ2v) is 5.97. The van der Waals surface area contributed by atoms with Crippen molar-refractivity contribution in [3.63, 3.8) is 0 Å². The van der Waals surface area contributed by atoms with E-state index < -0.39 is 0 Å². The van der Waals surface area contributed by atoms with Gasteiger partial charge in [-0.15, -0.1) is 0 Å². The third-order valence-corrected chi connectivity index (χ3v) is 3.44. The van der Waals surface area contributed by atoms with Gasteiger partial charge in [0.1, 0.15) is 5.75 Å². The van der Waals surface area contributed by atoms with Gasteiger partial charge in [0, 0.05) is 13.7 Å². The van der Waals surface area contributed by atoms with Gasteiger partial charge in [0.2, 0.25) is 0 Å². The number of rotatable bonds is 4. The molecular weight excluding hydrogens is 421 g/mol. The lowest BCUT2D eigenvalue weighted by molar-refractivity contribution is -0.118. The number of anilines is 1. The van der Waals surface area contributed by atoms with E-state index in [-0.39, 0.29) is 12.5 Å². The fourth-order valence-corrected chi connectivity index (χ4v) is 2.39. The van der Waals surface area contributed by atoms with Gasteiger partial charge in [0.05, 0.1) is 0 Å². The van der Waals surface area contributed by atoms with Gasteiger partial charge in [-0.25, -0.2) is 0 Å². The third kappa shape index (κ3) is 4.83. The number of carbonyl (C=O) groups is 1. The lowest BCUT2D eigenvalue weighted by Crippen LogP contribution is -2.20. The minimum atomic E-state index is -0.179. The van der Waals surface area contributed by atoms with Gasteiger partial charge in [-0.3, -0.25) is 4.79 Å². The highest BCUT2D eigenvalue weighted by atomic mass is 127. The van der Waals surface area contributed by atoms with Crippen molar-refractivity contribution in [1.29, 1.82) is 0 Å². The molecule has 3 nitrogen and oxygen atoms in total. The van der Waals surface area contributed by atoms with E-state index in [0.29, 0.717) is 5.75 Å². The van der Waals surface area contributed by atoms with Gasteiger partial charge in [-0.05, 0) is 59.0 Å². The van der Waals surface area contributed by atoms with Crippen LogP contribution in [0.5, 0.6) is 5.75 Å². The van der Waals surface area contributed by atoms with E-state index in [1.807, 2.05) is 48.5 Å². The van der Waals surface area contributed by atoms with E-state index in [2.05, 4.69) is 43.8 Å². The number of carbonyl (C=O) groups excluding carboxylic acids is 1. The molecule has 0 heterocycles. The maximum absolute atomic E-state index is 11.7. The van der Waals surface area contributed by atoms with Crippen LogP contribution < -0.4 is 10.1 Å². The largest absolute Gasteiger partial charge is 0.484 e. The highest BCUT2D eigenvalue weighted by Gasteiger charge is 2.04. The molecule has 1 amide bonds. The van der Waals surface area contributed by atoms with Gasteiger partial charge < -0.3 is 10.1 Å². The van der Waals surface area contributed by atoms with Crippen LogP contribution in [0.3, 0.4) is 0 Å². The molecule has 2 aromatic rings. The fourth-order valence-electron chi connectivity index (χ4n) is 1.47. The SMILES string of the molecule is O=C(COc1cccc(Br)c1)Nc1cccc(I)c1. The number of halogens is 2. The molecule has 0 fully saturated rings. The van der Waals surface area contributed by atoms with Gasteiger partial charge in [0.25, 0.3) is 5.91 Å². The first-order valence-electron chi connectivity index (χ1n) is 5.57. The number of hydrogen-bond acceptors (Lipinski definition) is 2. The first kappa shape index (κ1) is 14.3. The lowest BCUT2D eigenvalue weighted by atomic mass is 10.3. The summed E-state index contributed by atoms with van der Waals surface area (Å²) < 4.78 is 7.40. The van der Waals surface area contributed by atoms with Gasteiger partial charge in [0.15, 0.2) is 6.61 Å². The average Bonchev–Trinajstić information content (AvgIpc) is 2.36. The van der Waals surface area contributed by atoms with E-state index in [1.165, 1.54) is 0 Å². The molecule has 2 aromatic carbocycles. The third-order valence-electron chi connectivity index (χ3n) is 2.27. The Morgan fingerprint density at radius 1 is 1.21 bits per heavy atom. The van der Waals surface area contributed by atoms with Crippen LogP contribution in [0.4, 0.5) is 5.69 Å². The molecular formula is C14H11BrINO2. The molecule has 1 N–H and O–H groups in total. The van der Waals surface area contributed by atoms with Crippen LogP contribution in [-0.4, -0.2) is 12.5 Å². The van der Waals surface area contributed by atoms with Crippen molar-refractivity contribution in [1.82, 2.24) is 0 Å². The molecule has 0 spiro atoms. The van der Waals surface area contributed by atoms with Gasteiger partial charge in [-0.1, -0.05) is 28.1 Å². The van der Waals surface area contributed by atoms with E-state index >= 15 is 0 Å². The van der Waals surface area contributed by atoms with E-state index in [1.54, 1.807) is 0 Å². The summed E-state index contributed by atoms with van der Waals surface area (Å²) in [7, 11) is 0. The second-order valence-electron chi connectivity index (χ2n) is 3.80. The number of ether oxygens (including phenoxy) is 1. The van der Waals surface area contributed by atoms with Crippen LogP contribution in [0.1, 0.15) is 0 Å². The van der Waals surface area contributed by atoms with Crippen LogP contribution in [0.15, 0.2) is 53.0 Å². The van der Waals surface area contributed by atoms with E-state index in [4.69, 9.17) is 4.74 Å². The summed E-state index contributed by atoms with van der Waals surface area (Å²) in [5.74, 6) is 0.481. The molecule has 5 heteroatoms. The Morgan fingerprint density at radius 2 is 2.00 bits per heavy atom. The first-order valence-corrected chi connectivity index (χ1v) is 7.44. The van der Waals surface area contributed by atoms with Crippen LogP contribution in [0.2, 0.25) is 0 Å². The van der Waals surface area contributed by atoms with Crippen molar-refractivity contribution in [2.75, 3.05) is 11.9 Å². The quantitative estimate of drug-likeness (QED) is 0.741. The molecule has 0 saturated heterocycles. The fraction of sp³-hybridized carbons (Fsp3) is 0.0714. The predicted molar refractivity (Wildman–Crippen MR) is 87.4 cm³/mol. The molecule has 2 rings (SSSR count). The minimum absolute atomic E-state index is 0.0120. The monoisotopic (exact) mass is 431 g/mol. The molecule has 0 atom stereocenters. The van der Waals surface area contributed by atoms with Crippen LogP contribution in [0, 0.1) is 3.57 Å². The molecule has 98 valence electrons. The predicted octanol–water partition coefficient (Wildman–Crippen LogP) is 4.07. The smallest absolute Gasteiger partial charge is 0.262 e. The summed E-state index contributed by atoms with van der Waals surface area (Å²) in [5, 5.41) is 2.79. The number of benzene rings is 2. The Labute approximate surface area is 133 Å². The number of amides is 1. The summed E-state index contributed by atoms with van der Waals surface area (Å²) in [6.45, 7) is -0.0120. The maximum Gasteiger partial charge on any atom is 0.262 e. The molecule has 0 bridgehead atoms. The Hall–Kier alpha value is -1.08. The highest BCUT2D eigenvalue weighted by Crippen LogP contribution is 2.18. The number of hydrogen-bond donors (Lipinski definition) is 1. The Bertz CT molecular complexity index is 589. The van der Waals surface area contributed by atoms with Crippen molar-refractivity contribution < 1.29 is 9.53 Å².